The van der Waals surface area contributed by atoms with Gasteiger partial charge in [-0.05, 0) is 44.0 Å². The molecule has 0 aromatic carbocycles. The predicted molar refractivity (Wildman–Crippen MR) is 74.1 cm³/mol. The van der Waals surface area contributed by atoms with Gasteiger partial charge < -0.3 is 10.4 Å². The van der Waals surface area contributed by atoms with Gasteiger partial charge in [0.25, 0.3) is 0 Å². The first-order valence-electron chi connectivity index (χ1n) is 6.50. The van der Waals surface area contributed by atoms with Crippen LogP contribution in [0.4, 0.5) is 0 Å². The van der Waals surface area contributed by atoms with Crippen LogP contribution >= 0.6 is 11.8 Å². The third kappa shape index (κ3) is 3.06. The van der Waals surface area contributed by atoms with Crippen molar-refractivity contribution in [2.75, 3.05) is 12.8 Å². The number of likely N-dealkylation sites (N-methyl/N-ethyl adjacent to an activating group) is 1. The van der Waals surface area contributed by atoms with Gasteiger partial charge in [-0.25, -0.2) is 9.97 Å². The number of hydrogen-bond acceptors (Lipinski definition) is 5. The molecule has 0 radical (unpaired) electrons. The Kier molecular flexibility index (Phi) is 4.76. The Morgan fingerprint density at radius 2 is 2.53 bits per heavy atom. The highest BCUT2D eigenvalue weighted by atomic mass is 32.2. The molecule has 104 valence electrons. The van der Waals surface area contributed by atoms with Crippen LogP contribution in [-0.2, 0) is 4.79 Å². The smallest absolute Gasteiger partial charge is 0.324 e. The summed E-state index contributed by atoms with van der Waals surface area (Å²) in [6, 6.07) is 1.88. The Balaban J connectivity index is 1.90. The molecule has 1 aliphatic carbocycles. The molecular formula is C13H19N3O2S. The van der Waals surface area contributed by atoms with Crippen LogP contribution in [0.15, 0.2) is 23.6 Å². The molecule has 0 amide bonds. The SMILES string of the molecule is CNC1(C(=O)O)CCCC1CCSc1ccncn1. The van der Waals surface area contributed by atoms with Gasteiger partial charge in [-0.2, -0.15) is 0 Å². The molecule has 2 rings (SSSR count). The Morgan fingerprint density at radius 1 is 1.68 bits per heavy atom. The van der Waals surface area contributed by atoms with E-state index in [1.807, 2.05) is 6.07 Å². The van der Waals surface area contributed by atoms with E-state index in [0.29, 0.717) is 0 Å². The van der Waals surface area contributed by atoms with Crippen LogP contribution in [0, 0.1) is 5.92 Å². The normalized spacial score (nSPS) is 26.5. The van der Waals surface area contributed by atoms with E-state index in [1.165, 1.54) is 6.33 Å². The largest absolute Gasteiger partial charge is 0.480 e. The number of hydrogen-bond donors (Lipinski definition) is 2. The van der Waals surface area contributed by atoms with E-state index in [9.17, 15) is 9.90 Å². The monoisotopic (exact) mass is 281 g/mol. The maximum atomic E-state index is 11.5. The molecule has 6 heteroatoms. The van der Waals surface area contributed by atoms with E-state index in [4.69, 9.17) is 0 Å². The van der Waals surface area contributed by atoms with Crippen LogP contribution in [-0.4, -0.2) is 39.4 Å². The average Bonchev–Trinajstić information content (AvgIpc) is 2.84. The molecule has 2 N–H and O–H groups in total. The minimum absolute atomic E-state index is 0.198. The second-order valence-corrected chi connectivity index (χ2v) is 5.92. The molecule has 0 aliphatic heterocycles. The fourth-order valence-corrected chi connectivity index (χ4v) is 3.75. The molecule has 19 heavy (non-hydrogen) atoms. The van der Waals surface area contributed by atoms with E-state index < -0.39 is 11.5 Å². The standard InChI is InChI=1S/C13H19N3O2S/c1-14-13(12(17)18)6-2-3-10(13)5-8-19-11-4-7-15-9-16-11/h4,7,9-10,14H,2-3,5-6,8H2,1H3,(H,17,18). The summed E-state index contributed by atoms with van der Waals surface area (Å²) in [4.78, 5) is 19.5. The van der Waals surface area contributed by atoms with Crippen LogP contribution in [0.3, 0.4) is 0 Å². The number of nitrogens with zero attached hydrogens (tertiary/aromatic N) is 2. The van der Waals surface area contributed by atoms with Crippen LogP contribution in [0.5, 0.6) is 0 Å². The summed E-state index contributed by atoms with van der Waals surface area (Å²) in [6.07, 6.45) is 6.84. The zero-order valence-corrected chi connectivity index (χ0v) is 11.8. The molecule has 1 aromatic heterocycles. The van der Waals surface area contributed by atoms with Gasteiger partial charge in [0.15, 0.2) is 0 Å². The van der Waals surface area contributed by atoms with Crippen molar-refractivity contribution >= 4 is 17.7 Å². The van der Waals surface area contributed by atoms with Gasteiger partial charge in [-0.1, -0.05) is 6.42 Å². The lowest BCUT2D eigenvalue weighted by atomic mass is 9.85. The van der Waals surface area contributed by atoms with Crippen molar-refractivity contribution < 1.29 is 9.90 Å². The maximum absolute atomic E-state index is 11.5. The van der Waals surface area contributed by atoms with Crippen LogP contribution < -0.4 is 5.32 Å². The highest BCUT2D eigenvalue weighted by molar-refractivity contribution is 7.99. The van der Waals surface area contributed by atoms with Crippen molar-refractivity contribution in [1.29, 1.82) is 0 Å². The summed E-state index contributed by atoms with van der Waals surface area (Å²) >= 11 is 1.66. The lowest BCUT2D eigenvalue weighted by molar-refractivity contribution is -0.146. The van der Waals surface area contributed by atoms with Crippen molar-refractivity contribution in [2.45, 2.75) is 36.2 Å². The lowest BCUT2D eigenvalue weighted by Crippen LogP contribution is -2.53. The summed E-state index contributed by atoms with van der Waals surface area (Å²) in [7, 11) is 1.75. The second-order valence-electron chi connectivity index (χ2n) is 4.80. The summed E-state index contributed by atoms with van der Waals surface area (Å²) in [5, 5.41) is 13.4. The number of carboxylic acid groups (broad SMARTS) is 1. The second kappa shape index (κ2) is 6.34. The summed E-state index contributed by atoms with van der Waals surface area (Å²) in [6.45, 7) is 0. The molecule has 1 aromatic rings. The topological polar surface area (TPSA) is 75.1 Å². The number of carboxylic acids is 1. The minimum Gasteiger partial charge on any atom is -0.480 e. The molecule has 1 fully saturated rings. The zero-order chi connectivity index (χ0) is 13.7. The van der Waals surface area contributed by atoms with Crippen molar-refractivity contribution in [3.05, 3.63) is 18.6 Å². The predicted octanol–water partition coefficient (Wildman–Crippen LogP) is 1.80. The van der Waals surface area contributed by atoms with Gasteiger partial charge in [-0.15, -0.1) is 11.8 Å². The van der Waals surface area contributed by atoms with E-state index >= 15 is 0 Å². The van der Waals surface area contributed by atoms with Crippen molar-refractivity contribution in [3.63, 3.8) is 0 Å². The Bertz CT molecular complexity index is 429. The third-order valence-electron chi connectivity index (χ3n) is 3.92. The van der Waals surface area contributed by atoms with Crippen LogP contribution in [0.25, 0.3) is 0 Å². The number of aliphatic carboxylic acids is 1. The number of rotatable bonds is 6. The number of aromatic nitrogens is 2. The molecule has 2 unspecified atom stereocenters. The van der Waals surface area contributed by atoms with Gasteiger partial charge in [-0.3, -0.25) is 4.79 Å². The minimum atomic E-state index is -0.730. The van der Waals surface area contributed by atoms with Gasteiger partial charge in [0.1, 0.15) is 11.9 Å². The van der Waals surface area contributed by atoms with Crippen molar-refractivity contribution in [3.8, 4) is 0 Å². The maximum Gasteiger partial charge on any atom is 0.324 e. The number of thioether (sulfide) groups is 1. The fraction of sp³-hybridized carbons (Fsp3) is 0.615. The molecule has 1 saturated carbocycles. The van der Waals surface area contributed by atoms with Gasteiger partial charge in [0, 0.05) is 6.20 Å². The Labute approximate surface area is 117 Å². The third-order valence-corrected chi connectivity index (χ3v) is 4.90. The van der Waals surface area contributed by atoms with Gasteiger partial charge in [0.05, 0.1) is 5.03 Å². The van der Waals surface area contributed by atoms with E-state index in [1.54, 1.807) is 25.0 Å². The summed E-state index contributed by atoms with van der Waals surface area (Å²) < 4.78 is 0. The molecule has 5 nitrogen and oxygen atoms in total. The highest BCUT2D eigenvalue weighted by Gasteiger charge is 2.47. The molecule has 0 saturated heterocycles. The van der Waals surface area contributed by atoms with E-state index in [2.05, 4.69) is 15.3 Å². The van der Waals surface area contributed by atoms with E-state index in [-0.39, 0.29) is 5.92 Å². The van der Waals surface area contributed by atoms with Crippen molar-refractivity contribution in [1.82, 2.24) is 15.3 Å². The zero-order valence-electron chi connectivity index (χ0n) is 11.0. The average molecular weight is 281 g/mol. The molecule has 1 aliphatic rings. The van der Waals surface area contributed by atoms with Crippen LogP contribution in [0.1, 0.15) is 25.7 Å². The number of carbonyl (C=O) groups is 1. The highest BCUT2D eigenvalue weighted by Crippen LogP contribution is 2.39. The molecular weight excluding hydrogens is 262 g/mol. The van der Waals surface area contributed by atoms with E-state index in [0.717, 1.165) is 36.5 Å². The van der Waals surface area contributed by atoms with Gasteiger partial charge in [0.2, 0.25) is 0 Å². The summed E-state index contributed by atoms with van der Waals surface area (Å²) in [5.41, 5.74) is -0.730. The molecule has 1 heterocycles. The van der Waals surface area contributed by atoms with Crippen LogP contribution in [0.2, 0.25) is 0 Å². The molecule has 0 bridgehead atoms. The van der Waals surface area contributed by atoms with Gasteiger partial charge >= 0.3 is 5.97 Å². The Hall–Kier alpha value is -1.14. The number of nitrogens with one attached hydrogen (secondary N) is 1. The summed E-state index contributed by atoms with van der Waals surface area (Å²) in [5.74, 6) is 0.368. The molecule has 2 atom stereocenters. The molecule has 0 spiro atoms. The first kappa shape index (κ1) is 14.3. The fourth-order valence-electron chi connectivity index (χ4n) is 2.86. The lowest BCUT2D eigenvalue weighted by Gasteiger charge is -2.30. The first-order valence-corrected chi connectivity index (χ1v) is 7.49. The first-order chi connectivity index (χ1) is 9.19. The van der Waals surface area contributed by atoms with Crippen molar-refractivity contribution in [2.24, 2.45) is 5.92 Å². The quantitative estimate of drug-likeness (QED) is 0.612. The Morgan fingerprint density at radius 3 is 3.16 bits per heavy atom.